The fourth-order valence-corrected chi connectivity index (χ4v) is 3.74. The third kappa shape index (κ3) is 2.70. The summed E-state index contributed by atoms with van der Waals surface area (Å²) in [7, 11) is 0. The van der Waals surface area contributed by atoms with Gasteiger partial charge in [-0.05, 0) is 47.9 Å². The van der Waals surface area contributed by atoms with Crippen molar-refractivity contribution in [2.24, 2.45) is 0 Å². The van der Waals surface area contributed by atoms with Gasteiger partial charge in [0.25, 0.3) is 0 Å². The number of carbonyl (C=O) groups excluding carboxylic acids is 1. The van der Waals surface area contributed by atoms with Gasteiger partial charge in [-0.1, -0.05) is 18.2 Å². The normalized spacial score (nSPS) is 17.5. The molecule has 0 spiro atoms. The zero-order valence-electron chi connectivity index (χ0n) is 11.3. The molecule has 3 nitrogen and oxygen atoms in total. The third-order valence-electron chi connectivity index (χ3n) is 3.79. The van der Waals surface area contributed by atoms with Gasteiger partial charge in [-0.3, -0.25) is 4.79 Å². The second-order valence-corrected chi connectivity index (χ2v) is 6.19. The lowest BCUT2D eigenvalue weighted by molar-refractivity contribution is -0.121. The molecular formula is C16H18N2OS. The van der Waals surface area contributed by atoms with Crippen molar-refractivity contribution in [1.29, 1.82) is 0 Å². The van der Waals surface area contributed by atoms with Gasteiger partial charge in [0.05, 0.1) is 12.5 Å². The third-order valence-corrected chi connectivity index (χ3v) is 4.79. The van der Waals surface area contributed by atoms with Crippen LogP contribution in [0.1, 0.15) is 34.9 Å². The van der Waals surface area contributed by atoms with E-state index in [1.54, 1.807) is 11.3 Å². The Labute approximate surface area is 122 Å². The number of fused-ring (bicyclic) bond motifs is 1. The molecule has 1 aliphatic rings. The molecule has 0 fully saturated rings. The first-order chi connectivity index (χ1) is 9.74. The minimum atomic E-state index is 0.0481. The van der Waals surface area contributed by atoms with Crippen LogP contribution in [0.5, 0.6) is 0 Å². The number of hydrogen-bond acceptors (Lipinski definition) is 3. The molecule has 2 aromatic rings. The van der Waals surface area contributed by atoms with Gasteiger partial charge in [0.15, 0.2) is 0 Å². The predicted octanol–water partition coefficient (Wildman–Crippen LogP) is 3.07. The number of hydrogen-bond donors (Lipinski definition) is 2. The van der Waals surface area contributed by atoms with Gasteiger partial charge < -0.3 is 11.1 Å². The molecule has 20 heavy (non-hydrogen) atoms. The average Bonchev–Trinajstić information content (AvgIpc) is 2.91. The number of nitrogens with one attached hydrogen (secondary N) is 1. The van der Waals surface area contributed by atoms with E-state index in [0.29, 0.717) is 12.1 Å². The van der Waals surface area contributed by atoms with Gasteiger partial charge >= 0.3 is 0 Å². The molecule has 3 rings (SSSR count). The molecule has 0 bridgehead atoms. The number of para-hydroxylation sites is 1. The summed E-state index contributed by atoms with van der Waals surface area (Å²) in [5.41, 5.74) is 8.76. The van der Waals surface area contributed by atoms with Gasteiger partial charge in [-0.25, -0.2) is 0 Å². The summed E-state index contributed by atoms with van der Waals surface area (Å²) >= 11 is 1.79. The Morgan fingerprint density at radius 3 is 3.05 bits per heavy atom. The van der Waals surface area contributed by atoms with Crippen molar-refractivity contribution < 1.29 is 4.79 Å². The van der Waals surface area contributed by atoms with Gasteiger partial charge in [0, 0.05) is 10.6 Å². The number of thiophene rings is 1. The number of nitrogens with two attached hydrogens (primary N) is 1. The van der Waals surface area contributed by atoms with Crippen LogP contribution in [-0.4, -0.2) is 5.91 Å². The van der Waals surface area contributed by atoms with Crippen LogP contribution >= 0.6 is 11.3 Å². The summed E-state index contributed by atoms with van der Waals surface area (Å²) in [6.07, 6.45) is 3.67. The monoisotopic (exact) mass is 286 g/mol. The van der Waals surface area contributed by atoms with E-state index in [-0.39, 0.29) is 11.9 Å². The highest BCUT2D eigenvalue weighted by atomic mass is 32.1. The molecule has 0 radical (unpaired) electrons. The average molecular weight is 286 g/mol. The van der Waals surface area contributed by atoms with E-state index >= 15 is 0 Å². The molecule has 1 atom stereocenters. The lowest BCUT2D eigenvalue weighted by atomic mass is 9.94. The maximum atomic E-state index is 12.2. The highest BCUT2D eigenvalue weighted by molar-refractivity contribution is 7.10. The van der Waals surface area contributed by atoms with Gasteiger partial charge in [0.2, 0.25) is 5.91 Å². The molecule has 1 aliphatic carbocycles. The summed E-state index contributed by atoms with van der Waals surface area (Å²) in [5, 5.41) is 5.26. The minimum absolute atomic E-state index is 0.0481. The highest BCUT2D eigenvalue weighted by Gasteiger charge is 2.22. The topological polar surface area (TPSA) is 55.1 Å². The van der Waals surface area contributed by atoms with Crippen LogP contribution < -0.4 is 11.1 Å². The lowest BCUT2D eigenvalue weighted by Crippen LogP contribution is -2.31. The van der Waals surface area contributed by atoms with Crippen LogP contribution in [0.4, 0.5) is 5.69 Å². The first-order valence-electron chi connectivity index (χ1n) is 6.93. The van der Waals surface area contributed by atoms with E-state index < -0.39 is 0 Å². The molecule has 0 aliphatic heterocycles. The number of carbonyl (C=O) groups is 1. The van der Waals surface area contributed by atoms with E-state index in [4.69, 9.17) is 5.73 Å². The summed E-state index contributed by atoms with van der Waals surface area (Å²) in [4.78, 5) is 13.6. The van der Waals surface area contributed by atoms with Crippen LogP contribution in [-0.2, 0) is 17.6 Å². The Morgan fingerprint density at radius 1 is 1.35 bits per heavy atom. The van der Waals surface area contributed by atoms with Crippen molar-refractivity contribution in [3.05, 3.63) is 51.7 Å². The second-order valence-electron chi connectivity index (χ2n) is 5.19. The fourth-order valence-electron chi connectivity index (χ4n) is 2.75. The van der Waals surface area contributed by atoms with E-state index in [1.807, 2.05) is 24.3 Å². The molecule has 1 amide bonds. The molecule has 1 heterocycles. The molecular weight excluding hydrogens is 268 g/mol. The number of aryl methyl sites for hydroxylation is 1. The van der Waals surface area contributed by atoms with Crippen molar-refractivity contribution in [1.82, 2.24) is 5.32 Å². The van der Waals surface area contributed by atoms with E-state index in [9.17, 15) is 4.79 Å². The Balaban J connectivity index is 1.68. The van der Waals surface area contributed by atoms with Crippen molar-refractivity contribution in [3.63, 3.8) is 0 Å². The summed E-state index contributed by atoms with van der Waals surface area (Å²) in [5.74, 6) is 0.0481. The largest absolute Gasteiger partial charge is 0.398 e. The van der Waals surface area contributed by atoms with Gasteiger partial charge in [0.1, 0.15) is 0 Å². The van der Waals surface area contributed by atoms with Gasteiger partial charge in [-0.2, -0.15) is 0 Å². The zero-order valence-corrected chi connectivity index (χ0v) is 12.1. The molecule has 1 unspecified atom stereocenters. The quantitative estimate of drug-likeness (QED) is 0.852. The molecule has 4 heteroatoms. The Bertz CT molecular complexity index is 620. The number of amides is 1. The molecule has 3 N–H and O–H groups in total. The Kier molecular flexibility index (Phi) is 3.74. The Morgan fingerprint density at radius 2 is 2.20 bits per heavy atom. The summed E-state index contributed by atoms with van der Waals surface area (Å²) in [6, 6.07) is 9.85. The second kappa shape index (κ2) is 5.67. The maximum absolute atomic E-state index is 12.2. The lowest BCUT2D eigenvalue weighted by Gasteiger charge is -2.23. The van der Waals surface area contributed by atoms with E-state index in [1.165, 1.54) is 10.4 Å². The number of anilines is 1. The van der Waals surface area contributed by atoms with Crippen LogP contribution in [0, 0.1) is 0 Å². The maximum Gasteiger partial charge on any atom is 0.224 e. The van der Waals surface area contributed by atoms with Crippen LogP contribution in [0.25, 0.3) is 0 Å². The van der Waals surface area contributed by atoms with E-state index in [0.717, 1.165) is 24.8 Å². The fraction of sp³-hybridized carbons (Fsp3) is 0.312. The summed E-state index contributed by atoms with van der Waals surface area (Å²) < 4.78 is 0. The smallest absolute Gasteiger partial charge is 0.224 e. The van der Waals surface area contributed by atoms with Crippen LogP contribution in [0.2, 0.25) is 0 Å². The summed E-state index contributed by atoms with van der Waals surface area (Å²) in [6.45, 7) is 0. The van der Waals surface area contributed by atoms with Crippen LogP contribution in [0.3, 0.4) is 0 Å². The number of benzene rings is 1. The minimum Gasteiger partial charge on any atom is -0.398 e. The molecule has 1 aromatic carbocycles. The zero-order chi connectivity index (χ0) is 13.9. The first kappa shape index (κ1) is 13.2. The first-order valence-corrected chi connectivity index (χ1v) is 7.81. The van der Waals surface area contributed by atoms with Crippen LogP contribution in [0.15, 0.2) is 35.7 Å². The van der Waals surface area contributed by atoms with Crippen molar-refractivity contribution in [3.8, 4) is 0 Å². The molecule has 104 valence electrons. The predicted molar refractivity (Wildman–Crippen MR) is 82.7 cm³/mol. The van der Waals surface area contributed by atoms with Crippen molar-refractivity contribution in [2.45, 2.75) is 31.7 Å². The Hall–Kier alpha value is -1.81. The van der Waals surface area contributed by atoms with Gasteiger partial charge in [-0.15, -0.1) is 11.3 Å². The highest BCUT2D eigenvalue weighted by Crippen LogP contribution is 2.33. The molecule has 0 saturated heterocycles. The number of rotatable bonds is 3. The molecule has 1 aromatic heterocycles. The van der Waals surface area contributed by atoms with Crippen molar-refractivity contribution >= 4 is 22.9 Å². The molecule has 0 saturated carbocycles. The standard InChI is InChI=1S/C16H18N2OS/c17-13-5-2-1-4-11(13)10-16(19)18-14-6-3-7-15-12(14)8-9-20-15/h1-2,4-5,8-9,14H,3,6-7,10,17H2,(H,18,19). The number of nitrogen functional groups attached to an aromatic ring is 1. The van der Waals surface area contributed by atoms with E-state index in [2.05, 4.69) is 16.8 Å². The van der Waals surface area contributed by atoms with Crippen molar-refractivity contribution in [2.75, 3.05) is 5.73 Å². The SMILES string of the molecule is Nc1ccccc1CC(=O)NC1CCCc2sccc21.